The lowest BCUT2D eigenvalue weighted by Gasteiger charge is -1.81. The molecule has 0 spiro atoms. The molecule has 10 heavy (non-hydrogen) atoms. The summed E-state index contributed by atoms with van der Waals surface area (Å²) in [5.74, 6) is 6.49. The van der Waals surface area contributed by atoms with Crippen molar-refractivity contribution in [1.82, 2.24) is 0 Å². The first-order valence-corrected chi connectivity index (χ1v) is 4.14. The lowest BCUT2D eigenvalue weighted by Crippen LogP contribution is -1.65. The molecular weight excluding hydrogens is 144 g/mol. The van der Waals surface area contributed by atoms with Gasteiger partial charge in [0.2, 0.25) is 0 Å². The van der Waals surface area contributed by atoms with Gasteiger partial charge in [-0.1, -0.05) is 31.3 Å². The van der Waals surface area contributed by atoms with Crippen LogP contribution in [0.15, 0.2) is 12.2 Å². The van der Waals surface area contributed by atoms with Gasteiger partial charge in [0.15, 0.2) is 0 Å². The molecule has 0 aliphatic heterocycles. The molecule has 0 radical (unpaired) electrons. The average molecular weight is 157 g/mol. The van der Waals surface area contributed by atoms with E-state index in [0.717, 1.165) is 6.42 Å². The summed E-state index contributed by atoms with van der Waals surface area (Å²) in [5, 5.41) is 0. The van der Waals surface area contributed by atoms with E-state index >= 15 is 0 Å². The van der Waals surface area contributed by atoms with Crippen LogP contribution in [0, 0.1) is 11.8 Å². The minimum atomic E-state index is 0.558. The summed E-state index contributed by atoms with van der Waals surface area (Å²) in [6.45, 7) is 2.16. The second-order valence-electron chi connectivity index (χ2n) is 1.98. The van der Waals surface area contributed by atoms with Gasteiger partial charge >= 0.3 is 0 Å². The van der Waals surface area contributed by atoms with Crippen LogP contribution in [0.4, 0.5) is 0 Å². The van der Waals surface area contributed by atoms with Gasteiger partial charge < -0.3 is 0 Å². The van der Waals surface area contributed by atoms with Crippen molar-refractivity contribution >= 4 is 11.6 Å². The van der Waals surface area contributed by atoms with Crippen LogP contribution >= 0.6 is 11.6 Å². The molecule has 56 valence electrons. The fraction of sp³-hybridized carbons (Fsp3) is 0.556. The smallest absolute Gasteiger partial charge is 0.0413 e. The van der Waals surface area contributed by atoms with Gasteiger partial charge in [-0.05, 0) is 12.5 Å². The maximum absolute atomic E-state index is 5.39. The molecule has 0 N–H and O–H groups in total. The van der Waals surface area contributed by atoms with Crippen LogP contribution in [0.2, 0.25) is 0 Å². The lowest BCUT2D eigenvalue weighted by molar-refractivity contribution is 0.828. The Kier molecular flexibility index (Phi) is 8.24. The van der Waals surface area contributed by atoms with E-state index in [2.05, 4.69) is 18.8 Å². The predicted molar refractivity (Wildman–Crippen MR) is 47.2 cm³/mol. The Labute approximate surface area is 68.3 Å². The molecule has 1 heteroatoms. The summed E-state index contributed by atoms with van der Waals surface area (Å²) in [6.07, 6.45) is 7.07. The Morgan fingerprint density at radius 2 is 2.30 bits per heavy atom. The van der Waals surface area contributed by atoms with Crippen LogP contribution in [0.1, 0.15) is 26.2 Å². The van der Waals surface area contributed by atoms with E-state index < -0.39 is 0 Å². The van der Waals surface area contributed by atoms with Crippen molar-refractivity contribution in [2.24, 2.45) is 0 Å². The van der Waals surface area contributed by atoms with Crippen molar-refractivity contribution in [2.45, 2.75) is 26.2 Å². The second-order valence-corrected chi connectivity index (χ2v) is 2.29. The van der Waals surface area contributed by atoms with Crippen molar-refractivity contribution in [1.29, 1.82) is 0 Å². The molecule has 0 aliphatic rings. The molecule has 0 saturated carbocycles. The Bertz CT molecular complexity index is 137. The SMILES string of the molecule is CCCCC#C/C=C/CCl. The van der Waals surface area contributed by atoms with Gasteiger partial charge in [-0.15, -0.1) is 11.6 Å². The number of unbranched alkanes of at least 4 members (excludes halogenated alkanes) is 2. The topological polar surface area (TPSA) is 0 Å². The molecule has 0 heterocycles. The predicted octanol–water partition coefficient (Wildman–Crippen LogP) is 2.98. The van der Waals surface area contributed by atoms with Crippen molar-refractivity contribution in [3.63, 3.8) is 0 Å². The van der Waals surface area contributed by atoms with Crippen LogP contribution in [0.3, 0.4) is 0 Å². The molecule has 0 bridgehead atoms. The quantitative estimate of drug-likeness (QED) is 0.335. The maximum Gasteiger partial charge on any atom is 0.0413 e. The highest BCUT2D eigenvalue weighted by atomic mass is 35.5. The van der Waals surface area contributed by atoms with Crippen LogP contribution in [0.5, 0.6) is 0 Å². The van der Waals surface area contributed by atoms with Gasteiger partial charge in [0.05, 0.1) is 0 Å². The third-order valence-corrected chi connectivity index (χ3v) is 1.23. The van der Waals surface area contributed by atoms with Gasteiger partial charge in [-0.2, -0.15) is 0 Å². The Hall–Kier alpha value is -0.410. The van der Waals surface area contributed by atoms with E-state index in [0.29, 0.717) is 5.88 Å². The zero-order chi connectivity index (χ0) is 7.66. The molecule has 0 nitrogen and oxygen atoms in total. The number of allylic oxidation sites excluding steroid dienone is 2. The van der Waals surface area contributed by atoms with Crippen LogP contribution < -0.4 is 0 Å². The minimum Gasteiger partial charge on any atom is -0.122 e. The Morgan fingerprint density at radius 1 is 1.50 bits per heavy atom. The summed E-state index contributed by atoms with van der Waals surface area (Å²) < 4.78 is 0. The van der Waals surface area contributed by atoms with E-state index in [-0.39, 0.29) is 0 Å². The van der Waals surface area contributed by atoms with Crippen LogP contribution in [-0.2, 0) is 0 Å². The summed E-state index contributed by atoms with van der Waals surface area (Å²) in [6, 6.07) is 0. The lowest BCUT2D eigenvalue weighted by atomic mass is 10.2. The first-order chi connectivity index (χ1) is 4.91. The van der Waals surface area contributed by atoms with Crippen molar-refractivity contribution in [2.75, 3.05) is 5.88 Å². The normalized spacial score (nSPS) is 9.40. The van der Waals surface area contributed by atoms with E-state index in [1.165, 1.54) is 12.8 Å². The van der Waals surface area contributed by atoms with E-state index in [1.54, 1.807) is 0 Å². The van der Waals surface area contributed by atoms with Gasteiger partial charge in [0.1, 0.15) is 0 Å². The molecule has 0 rings (SSSR count). The van der Waals surface area contributed by atoms with E-state index in [1.807, 2.05) is 12.2 Å². The first-order valence-electron chi connectivity index (χ1n) is 3.61. The molecule has 0 amide bonds. The Morgan fingerprint density at radius 3 is 2.90 bits per heavy atom. The minimum absolute atomic E-state index is 0.558. The number of alkyl halides is 1. The molecule has 0 atom stereocenters. The summed E-state index contributed by atoms with van der Waals surface area (Å²) in [5.41, 5.74) is 0. The van der Waals surface area contributed by atoms with Crippen molar-refractivity contribution in [3.05, 3.63) is 12.2 Å². The third-order valence-electron chi connectivity index (χ3n) is 1.05. The average Bonchev–Trinajstić information content (AvgIpc) is 1.97. The van der Waals surface area contributed by atoms with E-state index in [9.17, 15) is 0 Å². The fourth-order valence-electron chi connectivity index (χ4n) is 0.500. The number of hydrogen-bond acceptors (Lipinski definition) is 0. The standard InChI is InChI=1S/C9H13Cl/c1-2-3-4-5-6-7-8-9-10/h7-8H,2-4,9H2,1H3/b8-7+. The zero-order valence-corrected chi connectivity index (χ0v) is 7.12. The van der Waals surface area contributed by atoms with Gasteiger partial charge in [0.25, 0.3) is 0 Å². The second kappa shape index (κ2) is 8.59. The fourth-order valence-corrected chi connectivity index (χ4v) is 0.589. The molecule has 0 aromatic carbocycles. The third kappa shape index (κ3) is 7.59. The highest BCUT2D eigenvalue weighted by Crippen LogP contribution is 1.90. The van der Waals surface area contributed by atoms with Crippen LogP contribution in [0.25, 0.3) is 0 Å². The number of hydrogen-bond donors (Lipinski definition) is 0. The maximum atomic E-state index is 5.39. The summed E-state index contributed by atoms with van der Waals surface area (Å²) in [4.78, 5) is 0. The first kappa shape index (κ1) is 9.59. The van der Waals surface area contributed by atoms with Crippen molar-refractivity contribution in [3.8, 4) is 11.8 Å². The van der Waals surface area contributed by atoms with Crippen molar-refractivity contribution < 1.29 is 0 Å². The number of halogens is 1. The number of rotatable bonds is 3. The highest BCUT2D eigenvalue weighted by molar-refractivity contribution is 6.18. The molecule has 0 aromatic rings. The van der Waals surface area contributed by atoms with Gasteiger partial charge in [0, 0.05) is 12.3 Å². The molecule has 0 aromatic heterocycles. The summed E-state index contributed by atoms with van der Waals surface area (Å²) >= 11 is 5.39. The zero-order valence-electron chi connectivity index (χ0n) is 6.36. The molecule has 0 saturated heterocycles. The molecule has 0 unspecified atom stereocenters. The molecular formula is C9H13Cl. The highest BCUT2D eigenvalue weighted by Gasteiger charge is 1.73. The largest absolute Gasteiger partial charge is 0.122 e. The van der Waals surface area contributed by atoms with Crippen LogP contribution in [-0.4, -0.2) is 5.88 Å². The summed E-state index contributed by atoms with van der Waals surface area (Å²) in [7, 11) is 0. The van der Waals surface area contributed by atoms with Gasteiger partial charge in [-0.25, -0.2) is 0 Å². The van der Waals surface area contributed by atoms with Gasteiger partial charge in [-0.3, -0.25) is 0 Å². The molecule has 0 fully saturated rings. The Balaban J connectivity index is 3.22. The monoisotopic (exact) mass is 156 g/mol. The van der Waals surface area contributed by atoms with E-state index in [4.69, 9.17) is 11.6 Å². The molecule has 0 aliphatic carbocycles.